The molecule has 142 valence electrons. The third-order valence-electron chi connectivity index (χ3n) is 2.93. The summed E-state index contributed by atoms with van der Waals surface area (Å²) in [5, 5.41) is 26.3. The highest BCUT2D eigenvalue weighted by Gasteiger charge is 1.87. The standard InChI is InChI=1S/3C7H6O2.Si/c3*8-6-4-2-1-3-5-7(6)9;/h3*1-5H,(H,8,9);. The van der Waals surface area contributed by atoms with Gasteiger partial charge in [-0.15, -0.1) is 0 Å². The minimum atomic E-state index is -0.347. The SMILES string of the molecule is O=c1cccccc1O.O=c1cccccc1O.O=c1cccccc1O.[Si]. The van der Waals surface area contributed by atoms with Gasteiger partial charge in [0, 0.05) is 11.0 Å². The molecule has 0 bridgehead atoms. The summed E-state index contributed by atoms with van der Waals surface area (Å²) >= 11 is 0. The molecular weight excluding hydrogens is 376 g/mol. The van der Waals surface area contributed by atoms with Gasteiger partial charge >= 0.3 is 0 Å². The van der Waals surface area contributed by atoms with Crippen LogP contribution >= 0.6 is 0 Å². The highest BCUT2D eigenvalue weighted by Crippen LogP contribution is 1.95. The van der Waals surface area contributed by atoms with Crippen LogP contribution in [0.5, 0.6) is 17.2 Å². The van der Waals surface area contributed by atoms with E-state index in [1.165, 1.54) is 36.4 Å². The topological polar surface area (TPSA) is 112 Å². The summed E-state index contributed by atoms with van der Waals surface area (Å²) in [6, 6.07) is 22.7. The van der Waals surface area contributed by atoms with Crippen molar-refractivity contribution < 1.29 is 15.3 Å². The Bertz CT molecular complexity index is 906. The van der Waals surface area contributed by atoms with Gasteiger partial charge in [-0.3, -0.25) is 14.4 Å². The summed E-state index contributed by atoms with van der Waals surface area (Å²) < 4.78 is 0. The molecule has 0 spiro atoms. The Labute approximate surface area is 165 Å². The smallest absolute Gasteiger partial charge is 0.220 e. The Morgan fingerprint density at radius 3 is 0.857 bits per heavy atom. The van der Waals surface area contributed by atoms with Gasteiger partial charge in [0.1, 0.15) is 0 Å². The minimum Gasteiger partial charge on any atom is -0.504 e. The molecule has 0 unspecified atom stereocenters. The first kappa shape index (κ1) is 24.3. The van der Waals surface area contributed by atoms with Crippen LogP contribution in [0.2, 0.25) is 0 Å². The zero-order chi connectivity index (χ0) is 20.1. The monoisotopic (exact) mass is 394 g/mol. The average Bonchev–Trinajstić information content (AvgIpc) is 3.04. The summed E-state index contributed by atoms with van der Waals surface area (Å²) in [7, 11) is 0. The van der Waals surface area contributed by atoms with Crippen molar-refractivity contribution in [3.05, 3.63) is 122 Å². The molecule has 0 atom stereocenters. The molecule has 4 radical (unpaired) electrons. The lowest BCUT2D eigenvalue weighted by molar-refractivity contribution is 0.470. The van der Waals surface area contributed by atoms with E-state index in [1.54, 1.807) is 54.6 Å². The summed E-state index contributed by atoms with van der Waals surface area (Å²) in [6.07, 6.45) is 0. The van der Waals surface area contributed by atoms with Gasteiger partial charge < -0.3 is 15.3 Å². The minimum absolute atomic E-state index is 0. The molecule has 0 aliphatic rings. The Balaban J connectivity index is 0.000000384. The van der Waals surface area contributed by atoms with E-state index in [4.69, 9.17) is 15.3 Å². The van der Waals surface area contributed by atoms with Crippen molar-refractivity contribution in [3.63, 3.8) is 0 Å². The third kappa shape index (κ3) is 9.69. The van der Waals surface area contributed by atoms with Crippen LogP contribution in [0.25, 0.3) is 0 Å². The third-order valence-corrected chi connectivity index (χ3v) is 2.93. The first-order valence-corrected chi connectivity index (χ1v) is 7.77. The van der Waals surface area contributed by atoms with Crippen molar-refractivity contribution in [3.8, 4) is 17.2 Å². The second-order valence-electron chi connectivity index (χ2n) is 4.98. The van der Waals surface area contributed by atoms with Gasteiger partial charge in [-0.2, -0.15) is 0 Å². The van der Waals surface area contributed by atoms with Crippen LogP contribution in [-0.4, -0.2) is 26.3 Å². The van der Waals surface area contributed by atoms with Gasteiger partial charge in [-0.1, -0.05) is 54.6 Å². The first-order valence-electron chi connectivity index (χ1n) is 7.77. The van der Waals surface area contributed by atoms with Gasteiger partial charge in [0.25, 0.3) is 0 Å². The van der Waals surface area contributed by atoms with Crippen molar-refractivity contribution >= 4 is 11.0 Å². The molecule has 0 amide bonds. The molecule has 0 saturated carbocycles. The van der Waals surface area contributed by atoms with Crippen LogP contribution in [-0.2, 0) is 0 Å². The van der Waals surface area contributed by atoms with E-state index in [-0.39, 0.29) is 44.5 Å². The van der Waals surface area contributed by atoms with Gasteiger partial charge in [-0.25, -0.2) is 0 Å². The maximum Gasteiger partial charge on any atom is 0.220 e. The lowest BCUT2D eigenvalue weighted by Gasteiger charge is -1.74. The molecule has 0 aromatic heterocycles. The van der Waals surface area contributed by atoms with Crippen LogP contribution in [0.4, 0.5) is 0 Å². The molecule has 0 heterocycles. The zero-order valence-electron chi connectivity index (χ0n) is 14.7. The van der Waals surface area contributed by atoms with E-state index >= 15 is 0 Å². The van der Waals surface area contributed by atoms with E-state index in [2.05, 4.69) is 0 Å². The van der Waals surface area contributed by atoms with E-state index in [9.17, 15) is 14.4 Å². The molecule has 3 aromatic carbocycles. The molecule has 6 nitrogen and oxygen atoms in total. The molecule has 3 aromatic rings. The predicted octanol–water partition coefficient (Wildman–Crippen LogP) is 1.88. The van der Waals surface area contributed by atoms with Gasteiger partial charge in [-0.05, 0) is 36.4 Å². The quantitative estimate of drug-likeness (QED) is 0.502. The first-order chi connectivity index (χ1) is 12.9. The van der Waals surface area contributed by atoms with E-state index in [0.717, 1.165) is 0 Å². The fourth-order valence-corrected chi connectivity index (χ4v) is 1.56. The van der Waals surface area contributed by atoms with E-state index in [0.29, 0.717) is 0 Å². The van der Waals surface area contributed by atoms with Crippen LogP contribution in [0, 0.1) is 0 Å². The number of aromatic hydroxyl groups is 3. The Morgan fingerprint density at radius 1 is 0.393 bits per heavy atom. The average molecular weight is 394 g/mol. The largest absolute Gasteiger partial charge is 0.504 e. The van der Waals surface area contributed by atoms with Crippen molar-refractivity contribution in [2.75, 3.05) is 0 Å². The van der Waals surface area contributed by atoms with Crippen LogP contribution in [0.3, 0.4) is 0 Å². The Morgan fingerprint density at radius 2 is 0.607 bits per heavy atom. The second-order valence-corrected chi connectivity index (χ2v) is 4.98. The number of hydrogen-bond acceptors (Lipinski definition) is 6. The van der Waals surface area contributed by atoms with E-state index in [1.807, 2.05) is 0 Å². The summed E-state index contributed by atoms with van der Waals surface area (Å²) in [5.74, 6) is -0.625. The molecule has 7 heteroatoms. The molecule has 0 aliphatic carbocycles. The van der Waals surface area contributed by atoms with Crippen molar-refractivity contribution in [2.24, 2.45) is 0 Å². The lowest BCUT2D eigenvalue weighted by Crippen LogP contribution is -1.90. The Kier molecular flexibility index (Phi) is 11.7. The van der Waals surface area contributed by atoms with Crippen molar-refractivity contribution in [2.45, 2.75) is 0 Å². The van der Waals surface area contributed by atoms with Gasteiger partial charge in [0.05, 0.1) is 0 Å². The molecule has 3 N–H and O–H groups in total. The maximum atomic E-state index is 10.6. The lowest BCUT2D eigenvalue weighted by atomic mass is 10.5. The molecule has 28 heavy (non-hydrogen) atoms. The molecule has 0 fully saturated rings. The number of rotatable bonds is 0. The van der Waals surface area contributed by atoms with Gasteiger partial charge in [0.15, 0.2) is 17.2 Å². The normalized spacial score (nSPS) is 8.57. The summed E-state index contributed by atoms with van der Waals surface area (Å²) in [5.41, 5.74) is -1.04. The van der Waals surface area contributed by atoms with Crippen molar-refractivity contribution in [1.82, 2.24) is 0 Å². The Hall–Kier alpha value is -3.71. The summed E-state index contributed by atoms with van der Waals surface area (Å²) in [4.78, 5) is 31.7. The van der Waals surface area contributed by atoms with E-state index < -0.39 is 0 Å². The maximum absolute atomic E-state index is 10.6. The van der Waals surface area contributed by atoms with Gasteiger partial charge in [0.2, 0.25) is 16.3 Å². The molecule has 3 rings (SSSR count). The fourth-order valence-electron chi connectivity index (χ4n) is 1.56. The second kappa shape index (κ2) is 13.5. The highest BCUT2D eigenvalue weighted by atomic mass is 28.1. The number of hydrogen-bond donors (Lipinski definition) is 3. The molecular formula is C21H18O6Si. The van der Waals surface area contributed by atoms with Crippen molar-refractivity contribution in [1.29, 1.82) is 0 Å². The summed E-state index contributed by atoms with van der Waals surface area (Å²) in [6.45, 7) is 0. The highest BCUT2D eigenvalue weighted by molar-refractivity contribution is 5.75. The molecule has 0 saturated heterocycles. The zero-order valence-corrected chi connectivity index (χ0v) is 15.7. The fraction of sp³-hybridized carbons (Fsp3) is 0. The van der Waals surface area contributed by atoms with Crippen LogP contribution in [0.15, 0.2) is 105 Å². The predicted molar refractivity (Wildman–Crippen MR) is 109 cm³/mol. The van der Waals surface area contributed by atoms with Crippen LogP contribution in [0.1, 0.15) is 0 Å². The van der Waals surface area contributed by atoms with Crippen LogP contribution < -0.4 is 16.3 Å². The molecule has 0 aliphatic heterocycles.